The van der Waals surface area contributed by atoms with Crippen molar-refractivity contribution < 1.29 is 9.59 Å². The highest BCUT2D eigenvalue weighted by atomic mass is 16.2. The number of carbonyl (C=O) groups excluding carboxylic acids is 2. The first-order valence-electron chi connectivity index (χ1n) is 8.65. The van der Waals surface area contributed by atoms with Crippen molar-refractivity contribution in [3.8, 4) is 0 Å². The van der Waals surface area contributed by atoms with Gasteiger partial charge in [0.2, 0.25) is 5.56 Å². The van der Waals surface area contributed by atoms with E-state index < -0.39 is 6.03 Å². The molecule has 2 aromatic carbocycles. The number of H-pyrrole nitrogens is 1. The molecular weight excluding hydrogens is 344 g/mol. The topological polar surface area (TPSA) is 108 Å². The molecular formula is C20H18N4O3. The predicted octanol–water partition coefficient (Wildman–Crippen LogP) is 2.61. The summed E-state index contributed by atoms with van der Waals surface area (Å²) in [5.41, 5.74) is 8.04. The molecule has 27 heavy (non-hydrogen) atoms. The van der Waals surface area contributed by atoms with Gasteiger partial charge < -0.3 is 16.0 Å². The Balaban J connectivity index is 1.67. The average molecular weight is 362 g/mol. The van der Waals surface area contributed by atoms with Crippen molar-refractivity contribution in [3.05, 3.63) is 70.1 Å². The van der Waals surface area contributed by atoms with Crippen molar-refractivity contribution >= 4 is 34.1 Å². The number of aryl methyl sites for hydroxylation is 1. The number of nitrogens with one attached hydrogen (secondary N) is 2. The van der Waals surface area contributed by atoms with Crippen LogP contribution >= 0.6 is 0 Å². The fraction of sp³-hybridized carbons (Fsp3) is 0.150. The number of aromatic amines is 1. The van der Waals surface area contributed by atoms with Gasteiger partial charge in [0.15, 0.2) is 0 Å². The highest BCUT2D eigenvalue weighted by Crippen LogP contribution is 2.30. The summed E-state index contributed by atoms with van der Waals surface area (Å²) in [7, 11) is 0. The van der Waals surface area contributed by atoms with E-state index in [-0.39, 0.29) is 11.5 Å². The Kier molecular flexibility index (Phi) is 4.12. The third kappa shape index (κ3) is 3.15. The summed E-state index contributed by atoms with van der Waals surface area (Å²) in [6, 6.07) is 11.7. The van der Waals surface area contributed by atoms with E-state index in [0.717, 1.165) is 24.1 Å². The molecule has 1 aliphatic heterocycles. The number of nitrogens with two attached hydrogens (primary N) is 1. The van der Waals surface area contributed by atoms with Crippen LogP contribution in [0, 0.1) is 0 Å². The number of anilines is 2. The van der Waals surface area contributed by atoms with Gasteiger partial charge in [-0.15, -0.1) is 0 Å². The fourth-order valence-electron chi connectivity index (χ4n) is 3.47. The molecule has 0 atom stereocenters. The number of amides is 3. The van der Waals surface area contributed by atoms with E-state index in [2.05, 4.69) is 10.3 Å². The van der Waals surface area contributed by atoms with Crippen LogP contribution in [-0.2, 0) is 6.42 Å². The van der Waals surface area contributed by atoms with Crippen LogP contribution in [0.2, 0.25) is 0 Å². The van der Waals surface area contributed by atoms with Crippen molar-refractivity contribution in [2.45, 2.75) is 12.8 Å². The lowest BCUT2D eigenvalue weighted by Crippen LogP contribution is -2.39. The Bertz CT molecular complexity index is 1120. The fourth-order valence-corrected chi connectivity index (χ4v) is 3.47. The van der Waals surface area contributed by atoms with Gasteiger partial charge in [-0.3, -0.25) is 14.5 Å². The molecule has 0 spiro atoms. The second-order valence-corrected chi connectivity index (χ2v) is 6.50. The number of hydrogen-bond donors (Lipinski definition) is 3. The van der Waals surface area contributed by atoms with Gasteiger partial charge in [-0.05, 0) is 42.0 Å². The quantitative estimate of drug-likeness (QED) is 0.652. The summed E-state index contributed by atoms with van der Waals surface area (Å²) in [6.45, 7) is 0.566. The highest BCUT2D eigenvalue weighted by molar-refractivity contribution is 6.13. The van der Waals surface area contributed by atoms with E-state index in [0.29, 0.717) is 28.6 Å². The first-order valence-corrected chi connectivity index (χ1v) is 8.65. The molecule has 0 aliphatic carbocycles. The average Bonchev–Trinajstić information content (AvgIpc) is 2.66. The summed E-state index contributed by atoms with van der Waals surface area (Å²) < 4.78 is 0. The van der Waals surface area contributed by atoms with Gasteiger partial charge in [0, 0.05) is 35.4 Å². The number of hydrogen-bond acceptors (Lipinski definition) is 3. The lowest BCUT2D eigenvalue weighted by Gasteiger charge is -2.28. The molecule has 7 nitrogen and oxygen atoms in total. The van der Waals surface area contributed by atoms with E-state index in [1.165, 1.54) is 17.2 Å². The van der Waals surface area contributed by atoms with Crippen molar-refractivity contribution in [2.24, 2.45) is 5.73 Å². The molecule has 4 rings (SSSR count). The summed E-state index contributed by atoms with van der Waals surface area (Å²) >= 11 is 0. The molecule has 136 valence electrons. The second-order valence-electron chi connectivity index (χ2n) is 6.50. The zero-order valence-corrected chi connectivity index (χ0v) is 14.5. The molecule has 3 amide bonds. The standard InChI is InChI=1S/C20H18N4O3/c21-20(27)24-8-2-4-12-6-7-14(10-17(12)24)23-19(26)15-5-1-3-13-9-18(25)22-11-16(13)15/h1,3,5-7,9-11H,2,4,8H2,(H2,21,27)(H,22,25)(H,23,26). The van der Waals surface area contributed by atoms with Crippen molar-refractivity contribution in [3.63, 3.8) is 0 Å². The number of rotatable bonds is 2. The Labute approximate surface area is 154 Å². The van der Waals surface area contributed by atoms with Gasteiger partial charge >= 0.3 is 6.03 Å². The van der Waals surface area contributed by atoms with Crippen molar-refractivity contribution in [2.75, 3.05) is 16.8 Å². The van der Waals surface area contributed by atoms with Crippen LogP contribution in [0.25, 0.3) is 10.8 Å². The van der Waals surface area contributed by atoms with Gasteiger partial charge in [-0.2, -0.15) is 0 Å². The minimum absolute atomic E-state index is 0.221. The van der Waals surface area contributed by atoms with Gasteiger partial charge in [0.05, 0.1) is 5.69 Å². The summed E-state index contributed by atoms with van der Waals surface area (Å²) in [6.07, 6.45) is 3.26. The first-order chi connectivity index (χ1) is 13.0. The number of benzene rings is 2. The maximum Gasteiger partial charge on any atom is 0.319 e. The molecule has 0 unspecified atom stereocenters. The van der Waals surface area contributed by atoms with Crippen LogP contribution in [0.4, 0.5) is 16.2 Å². The number of aromatic nitrogens is 1. The van der Waals surface area contributed by atoms with E-state index in [1.807, 2.05) is 12.1 Å². The molecule has 4 N–H and O–H groups in total. The van der Waals surface area contributed by atoms with Gasteiger partial charge in [0.25, 0.3) is 5.91 Å². The largest absolute Gasteiger partial charge is 0.351 e. The normalized spacial score (nSPS) is 13.3. The molecule has 3 aromatic rings. The number of pyridine rings is 1. The molecule has 0 radical (unpaired) electrons. The Morgan fingerprint density at radius 2 is 2.00 bits per heavy atom. The van der Waals surface area contributed by atoms with E-state index in [9.17, 15) is 14.4 Å². The number of carbonyl (C=O) groups is 2. The molecule has 1 aromatic heterocycles. The molecule has 2 heterocycles. The number of urea groups is 1. The van der Waals surface area contributed by atoms with Crippen LogP contribution in [0.5, 0.6) is 0 Å². The Hall–Kier alpha value is -3.61. The smallest absolute Gasteiger partial charge is 0.319 e. The zero-order valence-electron chi connectivity index (χ0n) is 14.5. The summed E-state index contributed by atoms with van der Waals surface area (Å²) in [5.74, 6) is -0.297. The maximum absolute atomic E-state index is 12.8. The van der Waals surface area contributed by atoms with Crippen LogP contribution in [0.15, 0.2) is 53.5 Å². The van der Waals surface area contributed by atoms with Gasteiger partial charge in [-0.25, -0.2) is 4.79 Å². The molecule has 0 fully saturated rings. The Morgan fingerprint density at radius 1 is 1.15 bits per heavy atom. The Morgan fingerprint density at radius 3 is 2.81 bits per heavy atom. The lowest BCUT2D eigenvalue weighted by atomic mass is 10.0. The molecule has 0 saturated heterocycles. The summed E-state index contributed by atoms with van der Waals surface area (Å²) in [4.78, 5) is 40.1. The van der Waals surface area contributed by atoms with Crippen molar-refractivity contribution in [1.29, 1.82) is 0 Å². The number of nitrogens with zero attached hydrogens (tertiary/aromatic N) is 1. The van der Waals surface area contributed by atoms with Crippen LogP contribution in [-0.4, -0.2) is 23.5 Å². The molecule has 0 bridgehead atoms. The van der Waals surface area contributed by atoms with E-state index in [1.54, 1.807) is 24.3 Å². The zero-order chi connectivity index (χ0) is 19.0. The molecule has 7 heteroatoms. The van der Waals surface area contributed by atoms with Gasteiger partial charge in [-0.1, -0.05) is 18.2 Å². The van der Waals surface area contributed by atoms with Gasteiger partial charge in [0.1, 0.15) is 0 Å². The summed E-state index contributed by atoms with van der Waals surface area (Å²) in [5, 5.41) is 4.21. The maximum atomic E-state index is 12.8. The van der Waals surface area contributed by atoms with Crippen LogP contribution in [0.1, 0.15) is 22.3 Å². The first kappa shape index (κ1) is 16.8. The van der Waals surface area contributed by atoms with Crippen molar-refractivity contribution in [1.82, 2.24) is 4.98 Å². The predicted molar refractivity (Wildman–Crippen MR) is 104 cm³/mol. The van der Waals surface area contributed by atoms with Crippen LogP contribution in [0.3, 0.4) is 0 Å². The number of fused-ring (bicyclic) bond motifs is 2. The minimum Gasteiger partial charge on any atom is -0.351 e. The third-order valence-electron chi connectivity index (χ3n) is 4.76. The third-order valence-corrected chi connectivity index (χ3v) is 4.76. The SMILES string of the molecule is NC(=O)N1CCCc2ccc(NC(=O)c3cccc4cc(=O)[nH]cc34)cc21. The van der Waals surface area contributed by atoms with E-state index >= 15 is 0 Å². The van der Waals surface area contributed by atoms with E-state index in [4.69, 9.17) is 5.73 Å². The molecule has 0 saturated carbocycles. The minimum atomic E-state index is -0.502. The monoisotopic (exact) mass is 362 g/mol. The lowest BCUT2D eigenvalue weighted by molar-refractivity contribution is 0.102. The second kappa shape index (κ2) is 6.60. The number of primary amides is 1. The molecule has 1 aliphatic rings. The highest BCUT2D eigenvalue weighted by Gasteiger charge is 2.21. The van der Waals surface area contributed by atoms with Crippen LogP contribution < -0.4 is 21.5 Å².